The summed E-state index contributed by atoms with van der Waals surface area (Å²) < 4.78 is 5.41. The van der Waals surface area contributed by atoms with Crippen molar-refractivity contribution in [3.8, 4) is 0 Å². The zero-order chi connectivity index (χ0) is 15.4. The number of hydrogen-bond acceptors (Lipinski definition) is 4. The number of halogens is 2. The largest absolute Gasteiger partial charge is 0.460 e. The van der Waals surface area contributed by atoms with E-state index in [4.69, 9.17) is 28.1 Å². The molecule has 1 saturated heterocycles. The monoisotopic (exact) mass is 323 g/mol. The third kappa shape index (κ3) is 4.34. The number of cyclic esters (lactones) is 1. The van der Waals surface area contributed by atoms with E-state index in [1.807, 2.05) is 27.7 Å². The second-order valence-electron chi connectivity index (χ2n) is 6.17. The summed E-state index contributed by atoms with van der Waals surface area (Å²) in [6.07, 6.45) is 0.790. The first kappa shape index (κ1) is 17.7. The minimum absolute atomic E-state index is 0.100. The van der Waals surface area contributed by atoms with Crippen LogP contribution in [0.15, 0.2) is 0 Å². The van der Waals surface area contributed by atoms with Crippen molar-refractivity contribution in [2.45, 2.75) is 52.7 Å². The van der Waals surface area contributed by atoms with Crippen molar-refractivity contribution in [1.29, 1.82) is 0 Å². The van der Waals surface area contributed by atoms with Crippen molar-refractivity contribution >= 4 is 34.6 Å². The standard InChI is InChI=1S/C14H23Cl2NO3/c1-7(2)9(13(15)18)5-11(17-16)12-6-10(8(3)4)14(19)20-12/h7-12,17H,5-6H2,1-4H3/t9-,10-,11-,12-/m0/s1. The highest BCUT2D eigenvalue weighted by molar-refractivity contribution is 6.64. The molecule has 1 heterocycles. The van der Waals surface area contributed by atoms with Gasteiger partial charge in [0.15, 0.2) is 0 Å². The molecule has 1 aliphatic heterocycles. The molecule has 0 amide bonds. The number of carbonyl (C=O) groups excluding carboxylic acids is 2. The van der Waals surface area contributed by atoms with Crippen LogP contribution in [0.4, 0.5) is 0 Å². The van der Waals surface area contributed by atoms with Crippen LogP contribution >= 0.6 is 23.4 Å². The molecular formula is C14H23Cl2NO3. The maximum absolute atomic E-state index is 11.8. The quantitative estimate of drug-likeness (QED) is 0.444. The van der Waals surface area contributed by atoms with E-state index >= 15 is 0 Å². The maximum Gasteiger partial charge on any atom is 0.309 e. The molecule has 4 atom stereocenters. The third-order valence-electron chi connectivity index (χ3n) is 4.05. The SMILES string of the molecule is CC(C)[C@H](C[C@H](NCl)[C@@H]1C[C@@H](C(C)C)C(=O)O1)C(=O)Cl. The number of hydrogen-bond donors (Lipinski definition) is 1. The first-order valence-corrected chi connectivity index (χ1v) is 7.79. The molecule has 1 rings (SSSR count). The highest BCUT2D eigenvalue weighted by Crippen LogP contribution is 2.32. The molecular weight excluding hydrogens is 301 g/mol. The maximum atomic E-state index is 11.8. The van der Waals surface area contributed by atoms with E-state index in [0.717, 1.165) is 0 Å². The van der Waals surface area contributed by atoms with E-state index in [9.17, 15) is 9.59 Å². The van der Waals surface area contributed by atoms with Crippen LogP contribution in [0.2, 0.25) is 0 Å². The molecule has 0 aromatic heterocycles. The zero-order valence-electron chi connectivity index (χ0n) is 12.4. The molecule has 0 unspecified atom stereocenters. The third-order valence-corrected chi connectivity index (χ3v) is 4.61. The Morgan fingerprint density at radius 1 is 1.40 bits per heavy atom. The van der Waals surface area contributed by atoms with E-state index in [1.165, 1.54) is 0 Å². The van der Waals surface area contributed by atoms with Crippen molar-refractivity contribution in [1.82, 2.24) is 4.84 Å². The molecule has 0 bridgehead atoms. The van der Waals surface area contributed by atoms with E-state index in [-0.39, 0.29) is 47.0 Å². The first-order chi connectivity index (χ1) is 9.27. The summed E-state index contributed by atoms with van der Waals surface area (Å²) >= 11 is 11.4. The van der Waals surface area contributed by atoms with Crippen LogP contribution in [0.25, 0.3) is 0 Å². The summed E-state index contributed by atoms with van der Waals surface area (Å²) in [4.78, 5) is 25.9. The molecule has 0 aliphatic carbocycles. The summed E-state index contributed by atoms with van der Waals surface area (Å²) in [5.74, 6) is -0.230. The van der Waals surface area contributed by atoms with Crippen molar-refractivity contribution in [3.63, 3.8) is 0 Å². The molecule has 0 aromatic rings. The lowest BCUT2D eigenvalue weighted by Gasteiger charge is -2.26. The van der Waals surface area contributed by atoms with Gasteiger partial charge in [0, 0.05) is 5.92 Å². The molecule has 20 heavy (non-hydrogen) atoms. The van der Waals surface area contributed by atoms with Crippen molar-refractivity contribution in [2.24, 2.45) is 23.7 Å². The van der Waals surface area contributed by atoms with Crippen LogP contribution in [0.1, 0.15) is 40.5 Å². The van der Waals surface area contributed by atoms with Crippen LogP contribution in [-0.2, 0) is 14.3 Å². The normalized spacial score (nSPS) is 25.9. The van der Waals surface area contributed by atoms with Gasteiger partial charge < -0.3 is 4.74 Å². The number of nitrogens with one attached hydrogen (secondary N) is 1. The van der Waals surface area contributed by atoms with Crippen molar-refractivity contribution in [3.05, 3.63) is 0 Å². The molecule has 1 N–H and O–H groups in total. The molecule has 0 radical (unpaired) electrons. The molecule has 4 nitrogen and oxygen atoms in total. The summed E-state index contributed by atoms with van der Waals surface area (Å²) in [7, 11) is 0. The van der Waals surface area contributed by atoms with Crippen molar-refractivity contribution in [2.75, 3.05) is 0 Å². The van der Waals surface area contributed by atoms with Crippen LogP contribution in [0.5, 0.6) is 0 Å². The van der Waals surface area contributed by atoms with Gasteiger partial charge in [-0.25, -0.2) is 4.84 Å². The average Bonchev–Trinajstić information content (AvgIpc) is 2.71. The topological polar surface area (TPSA) is 55.4 Å². The summed E-state index contributed by atoms with van der Waals surface area (Å²) in [5.41, 5.74) is 0. The van der Waals surface area contributed by atoms with E-state index in [0.29, 0.717) is 12.8 Å². The molecule has 0 spiro atoms. The van der Waals surface area contributed by atoms with Gasteiger partial charge in [0.1, 0.15) is 6.10 Å². The number of rotatable bonds is 7. The molecule has 6 heteroatoms. The molecule has 0 saturated carbocycles. The summed E-state index contributed by atoms with van der Waals surface area (Å²) in [6, 6.07) is -0.264. The lowest BCUT2D eigenvalue weighted by molar-refractivity contribution is -0.146. The van der Waals surface area contributed by atoms with Crippen LogP contribution in [0, 0.1) is 23.7 Å². The molecule has 116 valence electrons. The second-order valence-corrected chi connectivity index (χ2v) is 6.76. The van der Waals surface area contributed by atoms with Gasteiger partial charge in [0.05, 0.1) is 12.0 Å². The van der Waals surface area contributed by atoms with Crippen LogP contribution in [-0.4, -0.2) is 23.4 Å². The van der Waals surface area contributed by atoms with Crippen LogP contribution in [0.3, 0.4) is 0 Å². The Morgan fingerprint density at radius 3 is 2.35 bits per heavy atom. The Labute approximate surface area is 130 Å². The summed E-state index contributed by atoms with van der Waals surface area (Å²) in [5, 5.41) is -0.373. The van der Waals surface area contributed by atoms with E-state index in [2.05, 4.69) is 4.84 Å². The van der Waals surface area contributed by atoms with Gasteiger partial charge in [-0.15, -0.1) is 0 Å². The van der Waals surface area contributed by atoms with Crippen LogP contribution < -0.4 is 4.84 Å². The fourth-order valence-electron chi connectivity index (χ4n) is 2.59. The highest BCUT2D eigenvalue weighted by atomic mass is 35.5. The second kappa shape index (κ2) is 7.62. The Hall–Kier alpha value is -0.320. The van der Waals surface area contributed by atoms with E-state index < -0.39 is 0 Å². The van der Waals surface area contributed by atoms with E-state index in [1.54, 1.807) is 0 Å². The van der Waals surface area contributed by atoms with Crippen molar-refractivity contribution < 1.29 is 14.3 Å². The average molecular weight is 324 g/mol. The number of ether oxygens (including phenoxy) is 1. The lowest BCUT2D eigenvalue weighted by Crippen LogP contribution is -2.38. The minimum atomic E-state index is -0.373. The van der Waals surface area contributed by atoms with Gasteiger partial charge in [-0.05, 0) is 48.1 Å². The predicted molar refractivity (Wildman–Crippen MR) is 79.4 cm³/mol. The Kier molecular flexibility index (Phi) is 6.76. The number of esters is 1. The lowest BCUT2D eigenvalue weighted by atomic mass is 9.86. The Balaban J connectivity index is 2.72. The smallest absolute Gasteiger partial charge is 0.309 e. The Morgan fingerprint density at radius 2 is 2.00 bits per heavy atom. The predicted octanol–water partition coefficient (Wildman–Crippen LogP) is 3.11. The zero-order valence-corrected chi connectivity index (χ0v) is 13.9. The number of carbonyl (C=O) groups is 2. The van der Waals surface area contributed by atoms with Gasteiger partial charge in [0.2, 0.25) is 5.24 Å². The Bertz CT molecular complexity index is 360. The first-order valence-electron chi connectivity index (χ1n) is 7.03. The van der Waals surface area contributed by atoms with Gasteiger partial charge >= 0.3 is 5.97 Å². The molecule has 1 fully saturated rings. The fourth-order valence-corrected chi connectivity index (χ4v) is 3.16. The van der Waals surface area contributed by atoms with Gasteiger partial charge in [-0.2, -0.15) is 0 Å². The highest BCUT2D eigenvalue weighted by Gasteiger charge is 2.41. The summed E-state index contributed by atoms with van der Waals surface area (Å²) in [6.45, 7) is 7.87. The molecule has 1 aliphatic rings. The van der Waals surface area contributed by atoms with Gasteiger partial charge in [-0.1, -0.05) is 27.7 Å². The molecule has 0 aromatic carbocycles. The fraction of sp³-hybridized carbons (Fsp3) is 0.857. The van der Waals surface area contributed by atoms with Gasteiger partial charge in [0.25, 0.3) is 0 Å². The minimum Gasteiger partial charge on any atom is -0.460 e. The van der Waals surface area contributed by atoms with Gasteiger partial charge in [-0.3, -0.25) is 9.59 Å².